The summed E-state index contributed by atoms with van der Waals surface area (Å²) in [6.45, 7) is 1.52. The van der Waals surface area contributed by atoms with Crippen molar-refractivity contribution in [1.82, 2.24) is 24.9 Å². The maximum Gasteiger partial charge on any atom is 0.323 e. The number of aryl methyl sites for hydroxylation is 3. The summed E-state index contributed by atoms with van der Waals surface area (Å²) in [5, 5.41) is 11.8. The van der Waals surface area contributed by atoms with Crippen LogP contribution in [-0.2, 0) is 19.9 Å². The fraction of sp³-hybridized carbons (Fsp3) is 0.600. The highest BCUT2D eigenvalue weighted by Crippen LogP contribution is 2.35. The molecule has 2 aromatic rings. The predicted molar refractivity (Wildman–Crippen MR) is 87.7 cm³/mol. The third-order valence-corrected chi connectivity index (χ3v) is 5.83. The van der Waals surface area contributed by atoms with Gasteiger partial charge in [-0.25, -0.2) is 9.78 Å². The fourth-order valence-corrected chi connectivity index (χ4v) is 4.62. The highest BCUT2D eigenvalue weighted by atomic mass is 32.1. The van der Waals surface area contributed by atoms with E-state index in [2.05, 4.69) is 15.6 Å². The maximum atomic E-state index is 12.4. The lowest BCUT2D eigenvalue weighted by Gasteiger charge is -2.31. The van der Waals surface area contributed by atoms with E-state index in [1.807, 2.05) is 16.2 Å². The Hall–Kier alpha value is -1.96. The molecular formula is C15H20N6OS. The molecule has 0 saturated carbocycles. The molecule has 3 heterocycles. The summed E-state index contributed by atoms with van der Waals surface area (Å²) in [6.07, 6.45) is 7.37. The number of likely N-dealkylation sites (tertiary alicyclic amines) is 1. The zero-order valence-electron chi connectivity index (χ0n) is 13.2. The Kier molecular flexibility index (Phi) is 3.76. The maximum absolute atomic E-state index is 12.4. The van der Waals surface area contributed by atoms with E-state index < -0.39 is 0 Å². The van der Waals surface area contributed by atoms with Crippen LogP contribution >= 0.6 is 11.3 Å². The molecule has 1 aliphatic carbocycles. The van der Waals surface area contributed by atoms with Gasteiger partial charge >= 0.3 is 6.03 Å². The molecule has 0 radical (unpaired) electrons. The van der Waals surface area contributed by atoms with Crippen molar-refractivity contribution in [3.05, 3.63) is 21.8 Å². The van der Waals surface area contributed by atoms with E-state index in [0.29, 0.717) is 11.7 Å². The van der Waals surface area contributed by atoms with E-state index in [1.54, 1.807) is 17.9 Å². The van der Waals surface area contributed by atoms with Gasteiger partial charge in [0.15, 0.2) is 5.82 Å². The summed E-state index contributed by atoms with van der Waals surface area (Å²) in [4.78, 5) is 20.6. The van der Waals surface area contributed by atoms with E-state index in [9.17, 15) is 4.79 Å². The van der Waals surface area contributed by atoms with Gasteiger partial charge in [0.05, 0.1) is 16.9 Å². The molecule has 4 rings (SSSR count). The Labute approximate surface area is 138 Å². The van der Waals surface area contributed by atoms with Crippen molar-refractivity contribution in [2.45, 2.75) is 38.0 Å². The standard InChI is InChI=1S/C15H20N6OS/c1-20-9-13(18-19-20)17-15(22)21-7-3-4-10(8-21)14-16-11-5-2-6-12(11)23-14/h9-10H,2-8H2,1H3,(H,17,22). The number of carbonyl (C=O) groups is 1. The van der Waals surface area contributed by atoms with Crippen molar-refractivity contribution in [2.24, 2.45) is 7.05 Å². The molecule has 0 spiro atoms. The molecule has 0 bridgehead atoms. The van der Waals surface area contributed by atoms with Crippen molar-refractivity contribution in [3.63, 3.8) is 0 Å². The SMILES string of the molecule is Cn1cc(NC(=O)N2CCCC(c3nc4c(s3)CCC4)C2)nn1. The molecular weight excluding hydrogens is 312 g/mol. The van der Waals surface area contributed by atoms with Crippen LogP contribution < -0.4 is 5.32 Å². The molecule has 2 aromatic heterocycles. The van der Waals surface area contributed by atoms with Crippen LogP contribution in [0.3, 0.4) is 0 Å². The smallest absolute Gasteiger partial charge is 0.323 e. The number of piperidine rings is 1. The van der Waals surface area contributed by atoms with Crippen molar-refractivity contribution >= 4 is 23.2 Å². The van der Waals surface area contributed by atoms with Gasteiger partial charge in [-0.15, -0.1) is 16.4 Å². The number of anilines is 1. The number of hydrogen-bond donors (Lipinski definition) is 1. The number of nitrogens with one attached hydrogen (secondary N) is 1. The largest absolute Gasteiger partial charge is 0.324 e. The quantitative estimate of drug-likeness (QED) is 0.914. The minimum Gasteiger partial charge on any atom is -0.324 e. The third-order valence-electron chi connectivity index (χ3n) is 4.51. The highest BCUT2D eigenvalue weighted by Gasteiger charge is 2.28. The molecule has 0 aromatic carbocycles. The Morgan fingerprint density at radius 1 is 1.39 bits per heavy atom. The minimum atomic E-state index is -0.0979. The summed E-state index contributed by atoms with van der Waals surface area (Å²) in [5.74, 6) is 0.861. The summed E-state index contributed by atoms with van der Waals surface area (Å²) in [7, 11) is 1.78. The Balaban J connectivity index is 1.42. The second-order valence-corrected chi connectivity index (χ2v) is 7.38. The molecule has 1 saturated heterocycles. The molecule has 8 heteroatoms. The Morgan fingerprint density at radius 2 is 2.30 bits per heavy atom. The van der Waals surface area contributed by atoms with Crippen LogP contribution in [-0.4, -0.2) is 44.0 Å². The van der Waals surface area contributed by atoms with E-state index in [-0.39, 0.29) is 6.03 Å². The van der Waals surface area contributed by atoms with Gasteiger partial charge in [0, 0.05) is 30.9 Å². The van der Waals surface area contributed by atoms with Gasteiger partial charge in [-0.2, -0.15) is 0 Å². The lowest BCUT2D eigenvalue weighted by molar-refractivity contribution is 0.192. The molecule has 23 heavy (non-hydrogen) atoms. The first-order valence-electron chi connectivity index (χ1n) is 8.10. The zero-order chi connectivity index (χ0) is 15.8. The third kappa shape index (κ3) is 2.95. The highest BCUT2D eigenvalue weighted by molar-refractivity contribution is 7.11. The van der Waals surface area contributed by atoms with Crippen molar-refractivity contribution in [1.29, 1.82) is 0 Å². The summed E-state index contributed by atoms with van der Waals surface area (Å²) >= 11 is 1.85. The van der Waals surface area contributed by atoms with Gasteiger partial charge < -0.3 is 4.90 Å². The Morgan fingerprint density at radius 3 is 3.09 bits per heavy atom. The number of aromatic nitrogens is 4. The number of urea groups is 1. The molecule has 7 nitrogen and oxygen atoms in total. The number of rotatable bonds is 2. The fourth-order valence-electron chi connectivity index (χ4n) is 3.34. The monoisotopic (exact) mass is 332 g/mol. The number of fused-ring (bicyclic) bond motifs is 1. The molecule has 1 atom stereocenters. The lowest BCUT2D eigenvalue weighted by Crippen LogP contribution is -2.41. The summed E-state index contributed by atoms with van der Waals surface area (Å²) in [5.41, 5.74) is 1.30. The molecule has 1 N–H and O–H groups in total. The normalized spacial score (nSPS) is 20.6. The molecule has 1 unspecified atom stereocenters. The second-order valence-electron chi connectivity index (χ2n) is 6.27. The second kappa shape index (κ2) is 5.92. The number of hydrogen-bond acceptors (Lipinski definition) is 5. The first kappa shape index (κ1) is 14.6. The molecule has 122 valence electrons. The van der Waals surface area contributed by atoms with E-state index >= 15 is 0 Å². The average Bonchev–Trinajstić information content (AvgIpc) is 3.23. The summed E-state index contributed by atoms with van der Waals surface area (Å²) in [6, 6.07) is -0.0979. The summed E-state index contributed by atoms with van der Waals surface area (Å²) < 4.78 is 1.58. The average molecular weight is 332 g/mol. The van der Waals surface area contributed by atoms with Crippen LogP contribution in [0, 0.1) is 0 Å². The van der Waals surface area contributed by atoms with Gasteiger partial charge in [-0.05, 0) is 32.1 Å². The number of thiazole rings is 1. The number of carbonyl (C=O) groups excluding carboxylic acids is 1. The minimum absolute atomic E-state index is 0.0979. The Bertz CT molecular complexity index is 702. The molecule has 2 aliphatic rings. The van der Waals surface area contributed by atoms with Crippen LogP contribution in [0.1, 0.15) is 40.8 Å². The van der Waals surface area contributed by atoms with E-state index in [1.165, 1.54) is 28.4 Å². The number of amides is 2. The van der Waals surface area contributed by atoms with Crippen LogP contribution in [0.2, 0.25) is 0 Å². The molecule has 1 aliphatic heterocycles. The zero-order valence-corrected chi connectivity index (χ0v) is 14.0. The van der Waals surface area contributed by atoms with Gasteiger partial charge in [-0.3, -0.25) is 10.00 Å². The van der Waals surface area contributed by atoms with E-state index in [4.69, 9.17) is 4.98 Å². The first-order valence-corrected chi connectivity index (χ1v) is 8.91. The van der Waals surface area contributed by atoms with Crippen molar-refractivity contribution in [2.75, 3.05) is 18.4 Å². The number of nitrogens with zero attached hydrogens (tertiary/aromatic N) is 5. The van der Waals surface area contributed by atoms with Crippen LogP contribution in [0.4, 0.5) is 10.6 Å². The van der Waals surface area contributed by atoms with Gasteiger partial charge in [0.2, 0.25) is 0 Å². The van der Waals surface area contributed by atoms with Crippen molar-refractivity contribution in [3.8, 4) is 0 Å². The molecule has 1 fully saturated rings. The van der Waals surface area contributed by atoms with Gasteiger partial charge in [-0.1, -0.05) is 5.21 Å². The lowest BCUT2D eigenvalue weighted by atomic mass is 9.99. The van der Waals surface area contributed by atoms with Crippen molar-refractivity contribution < 1.29 is 4.79 Å². The molecule has 2 amide bonds. The van der Waals surface area contributed by atoms with E-state index in [0.717, 1.165) is 32.4 Å². The van der Waals surface area contributed by atoms with Crippen LogP contribution in [0.5, 0.6) is 0 Å². The predicted octanol–water partition coefficient (Wildman–Crippen LogP) is 2.17. The van der Waals surface area contributed by atoms with Crippen LogP contribution in [0.25, 0.3) is 0 Å². The topological polar surface area (TPSA) is 75.9 Å². The first-order chi connectivity index (χ1) is 11.2. The van der Waals surface area contributed by atoms with Gasteiger partial charge in [0.25, 0.3) is 0 Å². The van der Waals surface area contributed by atoms with Crippen LogP contribution in [0.15, 0.2) is 6.20 Å². The van der Waals surface area contributed by atoms with Gasteiger partial charge in [0.1, 0.15) is 0 Å².